The molecule has 0 spiro atoms. The molecule has 1 aromatic rings. The van der Waals surface area contributed by atoms with Gasteiger partial charge in [0, 0.05) is 69.5 Å². The van der Waals surface area contributed by atoms with Crippen LogP contribution in [0.25, 0.3) is 0 Å². The van der Waals surface area contributed by atoms with Crippen molar-refractivity contribution < 1.29 is 23.9 Å². The zero-order valence-corrected chi connectivity index (χ0v) is 20.6. The van der Waals surface area contributed by atoms with Crippen LogP contribution in [-0.4, -0.2) is 95.5 Å². The molecule has 0 aliphatic carbocycles. The third kappa shape index (κ3) is 4.71. The summed E-state index contributed by atoms with van der Waals surface area (Å²) in [5.74, 6) is -0.818. The van der Waals surface area contributed by atoms with E-state index in [1.807, 2.05) is 32.9 Å². The lowest BCUT2D eigenvalue weighted by Crippen LogP contribution is -2.64. The van der Waals surface area contributed by atoms with Crippen LogP contribution in [0.4, 0.5) is 10.5 Å². The first-order valence-corrected chi connectivity index (χ1v) is 12.3. The van der Waals surface area contributed by atoms with Gasteiger partial charge in [0.15, 0.2) is 0 Å². The van der Waals surface area contributed by atoms with Crippen molar-refractivity contribution in [3.05, 3.63) is 29.3 Å². The van der Waals surface area contributed by atoms with Gasteiger partial charge in [0.1, 0.15) is 11.6 Å². The summed E-state index contributed by atoms with van der Waals surface area (Å²) >= 11 is 0. The van der Waals surface area contributed by atoms with Gasteiger partial charge in [-0.2, -0.15) is 0 Å². The highest BCUT2D eigenvalue weighted by molar-refractivity contribution is 6.05. The fraction of sp³-hybridized carbons (Fsp3) is 0.600. The molecule has 0 unspecified atom stereocenters. The van der Waals surface area contributed by atoms with Gasteiger partial charge in [0.2, 0.25) is 11.8 Å². The molecule has 1 N–H and O–H groups in total. The van der Waals surface area contributed by atoms with Gasteiger partial charge in [-0.3, -0.25) is 24.6 Å². The average Bonchev–Trinajstić information content (AvgIpc) is 3.07. The summed E-state index contributed by atoms with van der Waals surface area (Å²) in [6.45, 7) is 11.0. The van der Waals surface area contributed by atoms with Gasteiger partial charge in [0.25, 0.3) is 5.91 Å². The molecule has 188 valence electrons. The summed E-state index contributed by atoms with van der Waals surface area (Å²) in [6, 6.07) is 5.67. The summed E-state index contributed by atoms with van der Waals surface area (Å²) in [6.07, 6.45) is 0.375. The van der Waals surface area contributed by atoms with Crippen molar-refractivity contribution >= 4 is 29.5 Å². The molecule has 1 aromatic carbocycles. The van der Waals surface area contributed by atoms with Crippen LogP contribution in [0, 0.1) is 0 Å². The van der Waals surface area contributed by atoms with Gasteiger partial charge in [-0.25, -0.2) is 4.79 Å². The Kier molecular flexibility index (Phi) is 5.94. The van der Waals surface area contributed by atoms with E-state index in [0.29, 0.717) is 37.7 Å². The standard InChI is InChI=1S/C25H33N5O5/c1-25(2,3)35-24(34)29-14-18(15-29)28-10-8-27(9-11-28)17-4-5-19-16(12-17)13-30(23(19)33)20-6-7-21(31)26-22(20)32/h4-5,12,18,20H,6-11,13-15H2,1-3H3,(H,26,31,32)/t20-/m0/s1. The van der Waals surface area contributed by atoms with Crippen LogP contribution in [0.15, 0.2) is 18.2 Å². The van der Waals surface area contributed by atoms with Crippen LogP contribution >= 0.6 is 0 Å². The smallest absolute Gasteiger partial charge is 0.410 e. The molecule has 3 saturated heterocycles. The number of nitrogens with zero attached hydrogens (tertiary/aromatic N) is 4. The summed E-state index contributed by atoms with van der Waals surface area (Å²) < 4.78 is 5.45. The number of rotatable bonds is 3. The predicted octanol–water partition coefficient (Wildman–Crippen LogP) is 1.19. The number of nitrogens with one attached hydrogen (secondary N) is 1. The molecule has 10 nitrogen and oxygen atoms in total. The Labute approximate surface area is 205 Å². The van der Waals surface area contributed by atoms with Crippen molar-refractivity contribution in [2.75, 3.05) is 44.2 Å². The monoisotopic (exact) mass is 483 g/mol. The number of piperidine rings is 1. The first-order chi connectivity index (χ1) is 16.6. The highest BCUT2D eigenvalue weighted by atomic mass is 16.6. The summed E-state index contributed by atoms with van der Waals surface area (Å²) in [7, 11) is 0. The quantitative estimate of drug-likeness (QED) is 0.645. The molecule has 0 bridgehead atoms. The topological polar surface area (TPSA) is 102 Å². The highest BCUT2D eigenvalue weighted by Gasteiger charge is 2.40. The number of carbonyl (C=O) groups is 4. The van der Waals surface area contributed by atoms with E-state index in [-0.39, 0.29) is 30.2 Å². The normalized spacial score (nSPS) is 23.8. The molecular formula is C25H33N5O5. The molecular weight excluding hydrogens is 450 g/mol. The van der Waals surface area contributed by atoms with Crippen LogP contribution < -0.4 is 10.2 Å². The molecule has 1 atom stereocenters. The number of ether oxygens (including phenoxy) is 1. The summed E-state index contributed by atoms with van der Waals surface area (Å²) in [4.78, 5) is 56.9. The fourth-order valence-corrected chi connectivity index (χ4v) is 5.26. The first kappa shape index (κ1) is 23.6. The lowest BCUT2D eigenvalue weighted by Gasteiger charge is -2.48. The lowest BCUT2D eigenvalue weighted by molar-refractivity contribution is -0.136. The van der Waals surface area contributed by atoms with Gasteiger partial charge in [-0.1, -0.05) is 0 Å². The number of anilines is 1. The molecule has 4 aliphatic heterocycles. The average molecular weight is 484 g/mol. The molecule has 35 heavy (non-hydrogen) atoms. The number of hydrogen-bond donors (Lipinski definition) is 1. The number of fused-ring (bicyclic) bond motifs is 1. The van der Waals surface area contributed by atoms with Gasteiger partial charge in [-0.15, -0.1) is 0 Å². The second-order valence-corrected chi connectivity index (χ2v) is 10.8. The van der Waals surface area contributed by atoms with E-state index in [1.165, 1.54) is 0 Å². The van der Waals surface area contributed by atoms with Crippen LogP contribution in [0.5, 0.6) is 0 Å². The molecule has 3 fully saturated rings. The van der Waals surface area contributed by atoms with Gasteiger partial charge in [-0.05, 0) is 51.0 Å². The van der Waals surface area contributed by atoms with E-state index in [4.69, 9.17) is 4.74 Å². The summed E-state index contributed by atoms with van der Waals surface area (Å²) in [5, 5.41) is 2.34. The molecule has 0 saturated carbocycles. The van der Waals surface area contributed by atoms with Gasteiger partial charge in [0.05, 0.1) is 0 Å². The van der Waals surface area contributed by atoms with Crippen LogP contribution in [0.3, 0.4) is 0 Å². The fourth-order valence-electron chi connectivity index (χ4n) is 5.26. The number of carbonyl (C=O) groups excluding carboxylic acids is 4. The Bertz CT molecular complexity index is 1050. The van der Waals surface area contributed by atoms with E-state index in [9.17, 15) is 19.2 Å². The van der Waals surface area contributed by atoms with E-state index in [1.54, 1.807) is 9.80 Å². The van der Waals surface area contributed by atoms with E-state index in [2.05, 4.69) is 21.2 Å². The third-order valence-electron chi connectivity index (χ3n) is 7.22. The zero-order chi connectivity index (χ0) is 24.9. The molecule has 0 radical (unpaired) electrons. The maximum atomic E-state index is 12.9. The van der Waals surface area contributed by atoms with Crippen LogP contribution in [0.2, 0.25) is 0 Å². The van der Waals surface area contributed by atoms with E-state index in [0.717, 1.165) is 37.4 Å². The van der Waals surface area contributed by atoms with Crippen molar-refractivity contribution in [3.63, 3.8) is 0 Å². The van der Waals surface area contributed by atoms with Crippen molar-refractivity contribution in [2.24, 2.45) is 0 Å². The second kappa shape index (κ2) is 8.82. The number of amides is 4. The third-order valence-corrected chi connectivity index (χ3v) is 7.22. The zero-order valence-electron chi connectivity index (χ0n) is 20.6. The number of benzene rings is 1. The number of piperazine rings is 1. The number of imide groups is 1. The maximum absolute atomic E-state index is 12.9. The Morgan fingerprint density at radius 2 is 1.77 bits per heavy atom. The summed E-state index contributed by atoms with van der Waals surface area (Å²) in [5.41, 5.74) is 2.15. The molecule has 0 aromatic heterocycles. The Morgan fingerprint density at radius 1 is 1.06 bits per heavy atom. The predicted molar refractivity (Wildman–Crippen MR) is 128 cm³/mol. The maximum Gasteiger partial charge on any atom is 0.410 e. The largest absolute Gasteiger partial charge is 0.444 e. The molecule has 5 rings (SSSR count). The van der Waals surface area contributed by atoms with Crippen molar-refractivity contribution in [1.29, 1.82) is 0 Å². The van der Waals surface area contributed by atoms with Crippen LogP contribution in [-0.2, 0) is 20.9 Å². The second-order valence-electron chi connectivity index (χ2n) is 10.8. The highest BCUT2D eigenvalue weighted by Crippen LogP contribution is 2.31. The minimum Gasteiger partial charge on any atom is -0.444 e. The molecule has 4 amide bonds. The first-order valence-electron chi connectivity index (χ1n) is 12.3. The Hall–Kier alpha value is -3.14. The minimum absolute atomic E-state index is 0.148. The van der Waals surface area contributed by atoms with Crippen molar-refractivity contribution in [1.82, 2.24) is 20.0 Å². The molecule has 4 heterocycles. The number of hydrogen-bond acceptors (Lipinski definition) is 7. The Balaban J connectivity index is 1.15. The SMILES string of the molecule is CC(C)(C)OC(=O)N1CC(N2CCN(c3ccc4c(c3)CN([C@H]3CCC(=O)NC3=O)C4=O)CC2)C1. The van der Waals surface area contributed by atoms with Gasteiger partial charge < -0.3 is 19.4 Å². The van der Waals surface area contributed by atoms with E-state index >= 15 is 0 Å². The van der Waals surface area contributed by atoms with Crippen molar-refractivity contribution in [3.8, 4) is 0 Å². The number of likely N-dealkylation sites (tertiary alicyclic amines) is 1. The van der Waals surface area contributed by atoms with E-state index < -0.39 is 11.6 Å². The van der Waals surface area contributed by atoms with Crippen LogP contribution in [0.1, 0.15) is 49.5 Å². The molecule has 4 aliphatic rings. The molecule has 10 heteroatoms. The van der Waals surface area contributed by atoms with Crippen molar-refractivity contribution in [2.45, 2.75) is 57.8 Å². The minimum atomic E-state index is -0.595. The lowest BCUT2D eigenvalue weighted by atomic mass is 10.0. The van der Waals surface area contributed by atoms with Gasteiger partial charge >= 0.3 is 6.09 Å². The Morgan fingerprint density at radius 3 is 2.43 bits per heavy atom.